The van der Waals surface area contributed by atoms with E-state index in [0.29, 0.717) is 13.2 Å². The lowest BCUT2D eigenvalue weighted by molar-refractivity contribution is -0.140. The number of rotatable bonds is 4. The van der Waals surface area contributed by atoms with E-state index in [-0.39, 0.29) is 18.1 Å². The minimum absolute atomic E-state index is 0.0373. The fourth-order valence-electron chi connectivity index (χ4n) is 3.22. The molecule has 1 unspecified atom stereocenters. The van der Waals surface area contributed by atoms with Crippen LogP contribution in [0.5, 0.6) is 0 Å². The molecule has 2 fully saturated rings. The lowest BCUT2D eigenvalue weighted by Gasteiger charge is -2.28. The molecule has 23 heavy (non-hydrogen) atoms. The third-order valence-electron chi connectivity index (χ3n) is 4.36. The molecule has 2 bridgehead atoms. The van der Waals surface area contributed by atoms with Crippen molar-refractivity contribution in [2.75, 3.05) is 6.54 Å². The minimum Gasteiger partial charge on any atom is -0.311 e. The number of piperidine rings is 1. The number of amides is 2. The van der Waals surface area contributed by atoms with E-state index in [9.17, 15) is 4.79 Å². The number of benzene rings is 1. The van der Waals surface area contributed by atoms with Crippen LogP contribution < -0.4 is 0 Å². The second-order valence-corrected chi connectivity index (χ2v) is 7.14. The number of aryl methyl sites for hydroxylation is 1. The maximum absolute atomic E-state index is 12.7. The van der Waals surface area contributed by atoms with Crippen LogP contribution in [0.25, 0.3) is 0 Å². The van der Waals surface area contributed by atoms with E-state index in [0.717, 1.165) is 28.4 Å². The van der Waals surface area contributed by atoms with Gasteiger partial charge in [0.1, 0.15) is 16.6 Å². The Hall–Kier alpha value is -1.99. The molecule has 1 aromatic heterocycles. The van der Waals surface area contributed by atoms with Crippen LogP contribution >= 0.6 is 11.3 Å². The number of hydrogen-bond acceptors (Lipinski definition) is 5. The summed E-state index contributed by atoms with van der Waals surface area (Å²) < 4.78 is 0. The molecule has 0 spiro atoms. The van der Waals surface area contributed by atoms with Gasteiger partial charge in [-0.25, -0.2) is 4.79 Å². The molecule has 0 aliphatic carbocycles. The summed E-state index contributed by atoms with van der Waals surface area (Å²) in [6.45, 7) is 3.06. The van der Waals surface area contributed by atoms with Crippen molar-refractivity contribution in [2.45, 2.75) is 38.5 Å². The Morgan fingerprint density at radius 2 is 2.09 bits per heavy atom. The summed E-state index contributed by atoms with van der Waals surface area (Å²) in [5.74, 6) is 0. The quantitative estimate of drug-likeness (QED) is 0.865. The highest BCUT2D eigenvalue weighted by Crippen LogP contribution is 2.39. The number of carbonyl (C=O) groups excluding carboxylic acids is 1. The number of aromatic nitrogens is 2. The van der Waals surface area contributed by atoms with Gasteiger partial charge in [0.15, 0.2) is 0 Å². The van der Waals surface area contributed by atoms with Crippen LogP contribution in [-0.4, -0.2) is 38.8 Å². The highest BCUT2D eigenvalue weighted by molar-refractivity contribution is 7.11. The predicted molar refractivity (Wildman–Crippen MR) is 85.6 cm³/mol. The van der Waals surface area contributed by atoms with Crippen LogP contribution in [0.15, 0.2) is 30.3 Å². The van der Waals surface area contributed by atoms with Gasteiger partial charge >= 0.3 is 6.03 Å². The van der Waals surface area contributed by atoms with E-state index in [2.05, 4.69) is 10.2 Å². The van der Waals surface area contributed by atoms with E-state index in [4.69, 9.17) is 4.84 Å². The van der Waals surface area contributed by atoms with Crippen LogP contribution in [0.3, 0.4) is 0 Å². The largest absolute Gasteiger partial charge is 0.344 e. The zero-order chi connectivity index (χ0) is 15.8. The summed E-state index contributed by atoms with van der Waals surface area (Å²) in [4.78, 5) is 20.4. The van der Waals surface area contributed by atoms with Crippen molar-refractivity contribution in [1.82, 2.24) is 20.2 Å². The van der Waals surface area contributed by atoms with Crippen molar-refractivity contribution >= 4 is 17.4 Å². The number of urea groups is 1. The molecule has 2 saturated heterocycles. The monoisotopic (exact) mass is 330 g/mol. The summed E-state index contributed by atoms with van der Waals surface area (Å²) in [7, 11) is 0. The van der Waals surface area contributed by atoms with E-state index < -0.39 is 0 Å². The molecule has 2 aromatic rings. The maximum Gasteiger partial charge on any atom is 0.344 e. The molecule has 7 heteroatoms. The van der Waals surface area contributed by atoms with E-state index in [1.165, 1.54) is 0 Å². The van der Waals surface area contributed by atoms with E-state index in [1.54, 1.807) is 16.4 Å². The molecule has 2 aliphatic rings. The highest BCUT2D eigenvalue weighted by Gasteiger charge is 2.47. The second kappa shape index (κ2) is 5.90. The molecule has 0 saturated carbocycles. The normalized spacial score (nSPS) is 23.6. The zero-order valence-corrected chi connectivity index (χ0v) is 13.7. The van der Waals surface area contributed by atoms with Crippen molar-refractivity contribution in [1.29, 1.82) is 0 Å². The van der Waals surface area contributed by atoms with Crippen molar-refractivity contribution in [2.24, 2.45) is 0 Å². The summed E-state index contributed by atoms with van der Waals surface area (Å²) in [5.41, 5.74) is 1.06. The first kappa shape index (κ1) is 14.6. The van der Waals surface area contributed by atoms with Crippen LogP contribution in [0.4, 0.5) is 4.79 Å². The summed E-state index contributed by atoms with van der Waals surface area (Å²) in [5, 5.41) is 11.7. The Morgan fingerprint density at radius 1 is 1.26 bits per heavy atom. The number of fused-ring (bicyclic) bond motifs is 2. The number of carbonyl (C=O) groups is 1. The van der Waals surface area contributed by atoms with Crippen LogP contribution in [0, 0.1) is 6.92 Å². The van der Waals surface area contributed by atoms with Crippen LogP contribution in [0.1, 0.15) is 34.5 Å². The van der Waals surface area contributed by atoms with Gasteiger partial charge in [-0.2, -0.15) is 5.06 Å². The van der Waals surface area contributed by atoms with Crippen LogP contribution in [0.2, 0.25) is 0 Å². The summed E-state index contributed by atoms with van der Waals surface area (Å²) >= 11 is 1.57. The first-order chi connectivity index (χ1) is 11.2. The molecule has 0 N–H and O–H groups in total. The molecule has 0 radical (unpaired) electrons. The topological polar surface area (TPSA) is 58.6 Å². The molecule has 2 amide bonds. The number of nitrogens with zero attached hydrogens (tertiary/aromatic N) is 4. The molecule has 4 rings (SSSR count). The Morgan fingerprint density at radius 3 is 2.83 bits per heavy atom. The fraction of sp³-hybridized carbons (Fsp3) is 0.438. The first-order valence-corrected chi connectivity index (χ1v) is 8.60. The number of hydroxylamine groups is 2. The molecule has 2 atom stereocenters. The Labute approximate surface area is 138 Å². The highest BCUT2D eigenvalue weighted by atomic mass is 32.1. The third kappa shape index (κ3) is 2.70. The SMILES string of the molecule is Cc1nnc(C2CC[C@@H]3CN2C(=O)N3OCc2ccccc2)s1. The average molecular weight is 330 g/mol. The Bertz CT molecular complexity index is 705. The van der Waals surface area contributed by atoms with Crippen molar-refractivity contribution < 1.29 is 9.63 Å². The minimum atomic E-state index is -0.0544. The van der Waals surface area contributed by atoms with Crippen LogP contribution in [-0.2, 0) is 11.4 Å². The lowest BCUT2D eigenvalue weighted by Crippen LogP contribution is -2.33. The van der Waals surface area contributed by atoms with Crippen molar-refractivity contribution in [3.63, 3.8) is 0 Å². The predicted octanol–water partition coefficient (Wildman–Crippen LogP) is 2.92. The van der Waals surface area contributed by atoms with E-state index >= 15 is 0 Å². The van der Waals surface area contributed by atoms with Gasteiger partial charge in [-0.05, 0) is 25.3 Å². The molecule has 1 aromatic carbocycles. The summed E-state index contributed by atoms with van der Waals surface area (Å²) in [6.07, 6.45) is 1.84. The third-order valence-corrected chi connectivity index (χ3v) is 5.30. The van der Waals surface area contributed by atoms with Gasteiger partial charge in [-0.3, -0.25) is 4.84 Å². The van der Waals surface area contributed by atoms with Crippen molar-refractivity contribution in [3.8, 4) is 0 Å². The molecule has 6 nitrogen and oxygen atoms in total. The molecule has 120 valence electrons. The van der Waals surface area contributed by atoms with Gasteiger partial charge in [-0.1, -0.05) is 41.7 Å². The first-order valence-electron chi connectivity index (χ1n) is 7.79. The van der Waals surface area contributed by atoms with E-state index in [1.807, 2.05) is 42.2 Å². The summed E-state index contributed by atoms with van der Waals surface area (Å²) in [6, 6.07) is 10.0. The zero-order valence-electron chi connectivity index (χ0n) is 12.9. The van der Waals surface area contributed by atoms with Gasteiger partial charge in [0.25, 0.3) is 0 Å². The van der Waals surface area contributed by atoms with Crippen molar-refractivity contribution in [3.05, 3.63) is 45.9 Å². The molecule has 3 heterocycles. The standard InChI is InChI=1S/C16H18N4O2S/c1-11-17-18-15(23-11)14-8-7-13-9-19(14)16(21)20(13)22-10-12-5-3-2-4-6-12/h2-6,13-14H,7-10H2,1H3/t13-,14?/m1/s1. The average Bonchev–Trinajstić information content (AvgIpc) is 3.11. The maximum atomic E-state index is 12.7. The second-order valence-electron chi connectivity index (χ2n) is 5.93. The fourth-order valence-corrected chi connectivity index (χ4v) is 4.07. The smallest absolute Gasteiger partial charge is 0.311 e. The van der Waals surface area contributed by atoms with Gasteiger partial charge < -0.3 is 4.90 Å². The number of hydrogen-bond donors (Lipinski definition) is 0. The van der Waals surface area contributed by atoms with Gasteiger partial charge in [0.05, 0.1) is 12.1 Å². The molecule has 2 aliphatic heterocycles. The Balaban J connectivity index is 1.47. The molecular weight excluding hydrogens is 312 g/mol. The van der Waals surface area contributed by atoms with Gasteiger partial charge in [0.2, 0.25) is 0 Å². The lowest BCUT2D eigenvalue weighted by atomic mass is 10.0. The van der Waals surface area contributed by atoms with Gasteiger partial charge in [-0.15, -0.1) is 10.2 Å². The Kier molecular flexibility index (Phi) is 3.74. The van der Waals surface area contributed by atoms with Gasteiger partial charge in [0, 0.05) is 6.54 Å². The molecular formula is C16H18N4O2S.